The number of para-hydroxylation sites is 1. The molecule has 1 saturated carbocycles. The van der Waals surface area contributed by atoms with Gasteiger partial charge in [-0.2, -0.15) is 10.2 Å². The van der Waals surface area contributed by atoms with E-state index in [0.717, 1.165) is 40.7 Å². The number of esters is 1. The van der Waals surface area contributed by atoms with Crippen LogP contribution in [0.4, 0.5) is 0 Å². The number of carbonyl (C=O) groups excluding carboxylic acids is 1. The predicted octanol–water partition coefficient (Wildman–Crippen LogP) is 3.51. The minimum absolute atomic E-state index is 0.160. The van der Waals surface area contributed by atoms with Crippen LogP contribution in [0.5, 0.6) is 0 Å². The second-order valence-corrected chi connectivity index (χ2v) is 7.87. The second-order valence-electron chi connectivity index (χ2n) is 7.87. The average Bonchev–Trinajstić information content (AvgIpc) is 3.53. The van der Waals surface area contributed by atoms with Gasteiger partial charge in [-0.25, -0.2) is 9.36 Å². The first-order chi connectivity index (χ1) is 15.1. The number of ether oxygens (including phenoxy) is 1. The highest BCUT2D eigenvalue weighted by Crippen LogP contribution is 2.41. The van der Waals surface area contributed by atoms with E-state index in [0.29, 0.717) is 11.4 Å². The number of carbonyl (C=O) groups is 1. The highest BCUT2D eigenvalue weighted by Gasteiger charge is 2.30. The highest BCUT2D eigenvalue weighted by molar-refractivity contribution is 5.83. The van der Waals surface area contributed by atoms with Gasteiger partial charge in [0.1, 0.15) is 18.7 Å². The third kappa shape index (κ3) is 3.74. The van der Waals surface area contributed by atoms with E-state index in [1.54, 1.807) is 10.9 Å². The van der Waals surface area contributed by atoms with Gasteiger partial charge in [0, 0.05) is 11.3 Å². The molecule has 2 aromatic carbocycles. The van der Waals surface area contributed by atoms with Crippen molar-refractivity contribution in [1.29, 1.82) is 0 Å². The van der Waals surface area contributed by atoms with Crippen LogP contribution in [0.2, 0.25) is 0 Å². The van der Waals surface area contributed by atoms with E-state index in [2.05, 4.69) is 10.2 Å². The molecule has 2 aromatic heterocycles. The minimum Gasteiger partial charge on any atom is -0.459 e. The summed E-state index contributed by atoms with van der Waals surface area (Å²) in [6.07, 6.45) is 3.75. The van der Waals surface area contributed by atoms with Crippen molar-refractivity contribution in [3.05, 3.63) is 88.0 Å². The molecule has 0 unspecified atom stereocenters. The normalized spacial score (nSPS) is 13.5. The van der Waals surface area contributed by atoms with Crippen molar-refractivity contribution in [2.75, 3.05) is 0 Å². The minimum atomic E-state index is -0.499. The Morgan fingerprint density at radius 1 is 1.10 bits per heavy atom. The molecule has 7 heteroatoms. The second kappa shape index (κ2) is 7.83. The maximum absolute atomic E-state index is 13.3. The summed E-state index contributed by atoms with van der Waals surface area (Å²) >= 11 is 0. The summed E-state index contributed by atoms with van der Waals surface area (Å²) in [6.45, 7) is 1.90. The molecule has 4 aromatic rings. The lowest BCUT2D eigenvalue weighted by Gasteiger charge is -2.11. The molecular formula is C24H22N4O3. The molecule has 31 heavy (non-hydrogen) atoms. The molecule has 0 saturated heterocycles. The summed E-state index contributed by atoms with van der Waals surface area (Å²) in [5.74, 6) is -0.203. The van der Waals surface area contributed by atoms with Gasteiger partial charge in [0.2, 0.25) is 0 Å². The monoisotopic (exact) mass is 414 g/mol. The van der Waals surface area contributed by atoms with Gasteiger partial charge < -0.3 is 4.74 Å². The van der Waals surface area contributed by atoms with Crippen LogP contribution in [0.15, 0.2) is 65.6 Å². The van der Waals surface area contributed by atoms with Gasteiger partial charge in [-0.1, -0.05) is 48.5 Å². The maximum Gasteiger partial charge on any atom is 0.328 e. The first-order valence-electron chi connectivity index (χ1n) is 10.4. The van der Waals surface area contributed by atoms with Crippen molar-refractivity contribution in [2.24, 2.45) is 0 Å². The van der Waals surface area contributed by atoms with E-state index < -0.39 is 5.97 Å². The lowest BCUT2D eigenvalue weighted by atomic mass is 10.2. The smallest absolute Gasteiger partial charge is 0.328 e. The molecule has 156 valence electrons. The fourth-order valence-electron chi connectivity index (χ4n) is 3.75. The Morgan fingerprint density at radius 3 is 2.58 bits per heavy atom. The SMILES string of the molecule is Cc1ccccc1-n1ncc2c(C3CC3)nn(CC(=O)OCc3ccccc3)c(=O)c21. The molecule has 0 bridgehead atoms. The van der Waals surface area contributed by atoms with Crippen LogP contribution in [0, 0.1) is 6.92 Å². The van der Waals surface area contributed by atoms with Crippen molar-refractivity contribution in [2.45, 2.75) is 38.8 Å². The molecule has 0 amide bonds. The Labute approximate surface area is 178 Å². The van der Waals surface area contributed by atoms with Gasteiger partial charge in [-0.3, -0.25) is 9.59 Å². The largest absolute Gasteiger partial charge is 0.459 e. The van der Waals surface area contributed by atoms with Gasteiger partial charge in [0.15, 0.2) is 0 Å². The Balaban J connectivity index is 1.52. The summed E-state index contributed by atoms with van der Waals surface area (Å²) in [5, 5.41) is 9.79. The number of aromatic nitrogens is 4. The standard InChI is InChI=1S/C24H22N4O3/c1-16-7-5-6-10-20(16)28-23-19(13-25-28)22(18-11-12-18)26-27(24(23)30)14-21(29)31-15-17-8-3-2-4-9-17/h2-10,13,18H,11-12,14-15H2,1H3. The van der Waals surface area contributed by atoms with Crippen molar-refractivity contribution in [1.82, 2.24) is 19.6 Å². The Morgan fingerprint density at radius 2 is 1.84 bits per heavy atom. The van der Waals surface area contributed by atoms with Crippen LogP contribution >= 0.6 is 0 Å². The lowest BCUT2D eigenvalue weighted by Crippen LogP contribution is -2.30. The highest BCUT2D eigenvalue weighted by atomic mass is 16.5. The first kappa shape index (κ1) is 19.2. The van der Waals surface area contributed by atoms with Crippen LogP contribution in [0.1, 0.15) is 35.6 Å². The summed E-state index contributed by atoms with van der Waals surface area (Å²) in [5.41, 5.74) is 3.65. The lowest BCUT2D eigenvalue weighted by molar-refractivity contribution is -0.146. The van der Waals surface area contributed by atoms with E-state index in [1.165, 1.54) is 4.68 Å². The predicted molar refractivity (Wildman–Crippen MR) is 116 cm³/mol. The number of benzene rings is 2. The summed E-state index contributed by atoms with van der Waals surface area (Å²) in [4.78, 5) is 25.8. The number of fused-ring (bicyclic) bond motifs is 1. The molecule has 1 aliphatic rings. The topological polar surface area (TPSA) is 79.0 Å². The van der Waals surface area contributed by atoms with Crippen LogP contribution in [0.25, 0.3) is 16.6 Å². The average molecular weight is 414 g/mol. The molecule has 0 radical (unpaired) electrons. The Bertz CT molecular complexity index is 1320. The molecule has 2 heterocycles. The summed E-state index contributed by atoms with van der Waals surface area (Å²) < 4.78 is 8.25. The van der Waals surface area contributed by atoms with E-state index >= 15 is 0 Å². The number of rotatable bonds is 6. The molecule has 0 spiro atoms. The van der Waals surface area contributed by atoms with Gasteiger partial charge in [0.25, 0.3) is 5.56 Å². The number of nitrogens with zero attached hydrogens (tertiary/aromatic N) is 4. The molecule has 0 aliphatic heterocycles. The van der Waals surface area contributed by atoms with Crippen LogP contribution < -0.4 is 5.56 Å². The van der Waals surface area contributed by atoms with Crippen molar-refractivity contribution in [3.63, 3.8) is 0 Å². The van der Waals surface area contributed by atoms with Crippen molar-refractivity contribution in [3.8, 4) is 5.69 Å². The third-order valence-corrected chi connectivity index (χ3v) is 5.54. The Hall–Kier alpha value is -3.74. The van der Waals surface area contributed by atoms with Crippen LogP contribution in [-0.2, 0) is 22.7 Å². The van der Waals surface area contributed by atoms with Gasteiger partial charge in [0.05, 0.1) is 17.6 Å². The molecule has 1 aliphatic carbocycles. The molecule has 5 rings (SSSR count). The van der Waals surface area contributed by atoms with Gasteiger partial charge >= 0.3 is 5.97 Å². The zero-order chi connectivity index (χ0) is 21.4. The third-order valence-electron chi connectivity index (χ3n) is 5.54. The quantitative estimate of drug-likeness (QED) is 0.451. The zero-order valence-corrected chi connectivity index (χ0v) is 17.2. The first-order valence-corrected chi connectivity index (χ1v) is 10.4. The summed E-state index contributed by atoms with van der Waals surface area (Å²) in [7, 11) is 0. The summed E-state index contributed by atoms with van der Waals surface area (Å²) in [6, 6.07) is 17.2. The molecular weight excluding hydrogens is 392 g/mol. The molecule has 7 nitrogen and oxygen atoms in total. The zero-order valence-electron chi connectivity index (χ0n) is 17.2. The molecule has 0 N–H and O–H groups in total. The fraction of sp³-hybridized carbons (Fsp3) is 0.250. The van der Waals surface area contributed by atoms with E-state index in [4.69, 9.17) is 4.74 Å². The Kier molecular flexibility index (Phi) is 4.86. The maximum atomic E-state index is 13.3. The van der Waals surface area contributed by atoms with Crippen molar-refractivity contribution >= 4 is 16.9 Å². The van der Waals surface area contributed by atoms with Gasteiger partial charge in [-0.15, -0.1) is 0 Å². The van der Waals surface area contributed by atoms with Crippen LogP contribution in [0.3, 0.4) is 0 Å². The number of hydrogen-bond donors (Lipinski definition) is 0. The number of aryl methyl sites for hydroxylation is 1. The van der Waals surface area contributed by atoms with E-state index in [1.807, 2.05) is 61.5 Å². The fourth-order valence-corrected chi connectivity index (χ4v) is 3.75. The van der Waals surface area contributed by atoms with Crippen molar-refractivity contribution < 1.29 is 9.53 Å². The number of hydrogen-bond acceptors (Lipinski definition) is 5. The van der Waals surface area contributed by atoms with E-state index in [-0.39, 0.29) is 18.7 Å². The van der Waals surface area contributed by atoms with E-state index in [9.17, 15) is 9.59 Å². The van der Waals surface area contributed by atoms with Crippen LogP contribution in [-0.4, -0.2) is 25.5 Å². The van der Waals surface area contributed by atoms with Gasteiger partial charge in [-0.05, 0) is 37.0 Å². The molecule has 0 atom stereocenters. The molecule has 1 fully saturated rings.